The summed E-state index contributed by atoms with van der Waals surface area (Å²) in [5, 5.41) is 25.3. The molecule has 9 nitrogen and oxygen atoms in total. The summed E-state index contributed by atoms with van der Waals surface area (Å²) in [5.41, 5.74) is -2.11. The summed E-state index contributed by atoms with van der Waals surface area (Å²) < 4.78 is 5.92. The Bertz CT molecular complexity index is 1250. The number of anilines is 2. The maximum absolute atomic E-state index is 13.0. The predicted octanol–water partition coefficient (Wildman–Crippen LogP) is 6.41. The van der Waals surface area contributed by atoms with E-state index >= 15 is 0 Å². The maximum atomic E-state index is 13.0. The van der Waals surface area contributed by atoms with Crippen LogP contribution in [0.4, 0.5) is 11.4 Å². The van der Waals surface area contributed by atoms with E-state index < -0.39 is 45.4 Å². The van der Waals surface area contributed by atoms with Crippen molar-refractivity contribution in [1.82, 2.24) is 0 Å². The van der Waals surface area contributed by atoms with Crippen molar-refractivity contribution in [3.63, 3.8) is 0 Å². The molecule has 0 bridgehead atoms. The molecule has 0 saturated heterocycles. The Hall–Kier alpha value is -3.88. The number of rotatable bonds is 8. The van der Waals surface area contributed by atoms with Crippen LogP contribution in [0.2, 0.25) is 0 Å². The van der Waals surface area contributed by atoms with Crippen LogP contribution in [0.15, 0.2) is 48.5 Å². The average Bonchev–Trinajstić information content (AvgIpc) is 3.30. The van der Waals surface area contributed by atoms with Gasteiger partial charge in [-0.1, -0.05) is 27.7 Å². The normalized spacial score (nSPS) is 28.0. The Kier molecular flexibility index (Phi) is 7.71. The third-order valence-corrected chi connectivity index (χ3v) is 10.5. The Morgan fingerprint density at radius 1 is 0.634 bits per heavy atom. The molecule has 0 unspecified atom stereocenters. The smallest absolute Gasteiger partial charge is 0.309 e. The van der Waals surface area contributed by atoms with Gasteiger partial charge in [0.15, 0.2) is 0 Å². The third kappa shape index (κ3) is 5.18. The van der Waals surface area contributed by atoms with Gasteiger partial charge in [-0.15, -0.1) is 0 Å². The molecule has 0 aromatic heterocycles. The van der Waals surface area contributed by atoms with Gasteiger partial charge in [0, 0.05) is 23.2 Å². The van der Waals surface area contributed by atoms with Crippen LogP contribution in [0.3, 0.4) is 0 Å². The van der Waals surface area contributed by atoms with Crippen molar-refractivity contribution in [2.45, 2.75) is 67.2 Å². The van der Waals surface area contributed by atoms with Crippen LogP contribution in [0.1, 0.15) is 67.2 Å². The second-order valence-corrected chi connectivity index (χ2v) is 13.0. The van der Waals surface area contributed by atoms with Crippen LogP contribution in [0, 0.1) is 33.5 Å². The van der Waals surface area contributed by atoms with E-state index in [1.807, 2.05) is 27.7 Å². The Balaban J connectivity index is 1.33. The number of ether oxygens (including phenoxy) is 1. The second-order valence-electron chi connectivity index (χ2n) is 13.0. The lowest BCUT2D eigenvalue weighted by Gasteiger charge is -2.37. The fourth-order valence-electron chi connectivity index (χ4n) is 6.49. The number of hydrogen-bond donors (Lipinski definition) is 4. The number of nitrogens with one attached hydrogen (secondary N) is 2. The van der Waals surface area contributed by atoms with Gasteiger partial charge < -0.3 is 25.6 Å². The Morgan fingerprint density at radius 3 is 1.22 bits per heavy atom. The molecule has 2 fully saturated rings. The summed E-state index contributed by atoms with van der Waals surface area (Å²) in [5.74, 6) is -1.87. The zero-order valence-electron chi connectivity index (χ0n) is 24.5. The van der Waals surface area contributed by atoms with E-state index in [1.165, 1.54) is 0 Å². The predicted molar refractivity (Wildman–Crippen MR) is 155 cm³/mol. The molecule has 4 rings (SSSR count). The topological polar surface area (TPSA) is 142 Å². The molecule has 2 saturated carbocycles. The van der Waals surface area contributed by atoms with Crippen molar-refractivity contribution in [3.05, 3.63) is 48.5 Å². The molecule has 220 valence electrons. The molecule has 2 aromatic rings. The number of hydrogen-bond acceptors (Lipinski definition) is 5. The molecule has 2 aliphatic rings. The molecular formula is C32H40N2O7. The average molecular weight is 565 g/mol. The van der Waals surface area contributed by atoms with Gasteiger partial charge in [0.05, 0.1) is 10.8 Å². The lowest BCUT2D eigenvalue weighted by atomic mass is 9.65. The Labute approximate surface area is 240 Å². The van der Waals surface area contributed by atoms with Crippen LogP contribution in [-0.4, -0.2) is 34.0 Å². The van der Waals surface area contributed by atoms with Gasteiger partial charge in [-0.05, 0) is 98.9 Å². The number of amides is 2. The highest BCUT2D eigenvalue weighted by Gasteiger charge is 2.59. The standard InChI is InChI=1S/C32H40N2O7/c1-29(2)23(15-17-31(29,5)27(37)38)25(35)33-19-7-11-21(12-8-19)41-22-13-9-20(10-14-22)34-26(36)24-16-18-32(6,28(39)40)30(24,3)4/h7-14,23-24H,15-18H2,1-6H3,(H,33,35)(H,34,36)(H,37,38)(H,39,40)/t23-,24+,31-,32+. The number of carbonyl (C=O) groups is 4. The van der Waals surface area contributed by atoms with Crippen molar-refractivity contribution in [3.8, 4) is 11.5 Å². The van der Waals surface area contributed by atoms with E-state index in [0.29, 0.717) is 48.6 Å². The summed E-state index contributed by atoms with van der Waals surface area (Å²) in [7, 11) is 0. The summed E-state index contributed by atoms with van der Waals surface area (Å²) in [4.78, 5) is 49.7. The first-order valence-electron chi connectivity index (χ1n) is 14.0. The first-order valence-corrected chi connectivity index (χ1v) is 14.0. The molecule has 4 atom stereocenters. The van der Waals surface area contributed by atoms with E-state index in [9.17, 15) is 29.4 Å². The van der Waals surface area contributed by atoms with Crippen LogP contribution in [0.25, 0.3) is 0 Å². The van der Waals surface area contributed by atoms with Gasteiger partial charge in [-0.2, -0.15) is 0 Å². The minimum Gasteiger partial charge on any atom is -0.481 e. The summed E-state index contributed by atoms with van der Waals surface area (Å²) in [6.45, 7) is 10.8. The van der Waals surface area contributed by atoms with Gasteiger partial charge in [0.25, 0.3) is 0 Å². The minimum atomic E-state index is -0.958. The monoisotopic (exact) mass is 564 g/mol. The van der Waals surface area contributed by atoms with Gasteiger partial charge in [0.1, 0.15) is 11.5 Å². The number of aliphatic carboxylic acids is 2. The van der Waals surface area contributed by atoms with Gasteiger partial charge in [-0.25, -0.2) is 0 Å². The molecular weight excluding hydrogens is 524 g/mol. The fraction of sp³-hybridized carbons (Fsp3) is 0.500. The number of carbonyl (C=O) groups excluding carboxylic acids is 2. The Morgan fingerprint density at radius 2 is 0.951 bits per heavy atom. The SMILES string of the molecule is CC1(C)[C@H](C(=O)Nc2ccc(Oc3ccc(NC(=O)[C@H]4CC[C@](C)(C(=O)O)C4(C)C)cc3)cc2)CC[C@@]1(C)C(=O)O. The fourth-order valence-corrected chi connectivity index (χ4v) is 6.49. The van der Waals surface area contributed by atoms with Gasteiger partial charge >= 0.3 is 11.9 Å². The van der Waals surface area contributed by atoms with Crippen LogP contribution < -0.4 is 15.4 Å². The van der Waals surface area contributed by atoms with Gasteiger partial charge in [-0.3, -0.25) is 19.2 Å². The van der Waals surface area contributed by atoms with Crippen molar-refractivity contribution in [2.24, 2.45) is 33.5 Å². The summed E-state index contributed by atoms with van der Waals surface area (Å²) in [6, 6.07) is 13.8. The van der Waals surface area contributed by atoms with E-state index in [0.717, 1.165) is 0 Å². The molecule has 2 aliphatic carbocycles. The van der Waals surface area contributed by atoms with E-state index in [1.54, 1.807) is 62.4 Å². The van der Waals surface area contributed by atoms with Crippen molar-refractivity contribution in [2.75, 3.05) is 10.6 Å². The van der Waals surface area contributed by atoms with E-state index in [4.69, 9.17) is 4.74 Å². The lowest BCUT2D eigenvalue weighted by molar-refractivity contribution is -0.156. The first kappa shape index (κ1) is 30.1. The molecule has 4 N–H and O–H groups in total. The maximum Gasteiger partial charge on any atom is 0.309 e. The second kappa shape index (κ2) is 10.5. The molecule has 0 radical (unpaired) electrons. The summed E-state index contributed by atoms with van der Waals surface area (Å²) in [6.07, 6.45) is 1.93. The number of carboxylic acids is 2. The lowest BCUT2D eigenvalue weighted by Crippen LogP contribution is -2.43. The molecule has 2 aromatic carbocycles. The van der Waals surface area contributed by atoms with Gasteiger partial charge in [0.2, 0.25) is 11.8 Å². The molecule has 2 amide bonds. The first-order chi connectivity index (χ1) is 19.0. The minimum absolute atomic E-state index is 0.195. The molecule has 0 spiro atoms. The molecule has 0 heterocycles. The van der Waals surface area contributed by atoms with Crippen molar-refractivity contribution in [1.29, 1.82) is 0 Å². The summed E-state index contributed by atoms with van der Waals surface area (Å²) >= 11 is 0. The van der Waals surface area contributed by atoms with Crippen molar-refractivity contribution < 1.29 is 34.1 Å². The van der Waals surface area contributed by atoms with Crippen LogP contribution >= 0.6 is 0 Å². The zero-order valence-corrected chi connectivity index (χ0v) is 24.5. The highest BCUT2D eigenvalue weighted by molar-refractivity contribution is 5.95. The van der Waals surface area contributed by atoms with Crippen molar-refractivity contribution >= 4 is 35.1 Å². The van der Waals surface area contributed by atoms with Crippen LogP contribution in [-0.2, 0) is 19.2 Å². The molecule has 0 aliphatic heterocycles. The van der Waals surface area contributed by atoms with Crippen LogP contribution in [0.5, 0.6) is 11.5 Å². The zero-order chi connectivity index (χ0) is 30.4. The molecule has 41 heavy (non-hydrogen) atoms. The van der Waals surface area contributed by atoms with E-state index in [-0.39, 0.29) is 11.8 Å². The van der Waals surface area contributed by atoms with E-state index in [2.05, 4.69) is 10.6 Å². The largest absolute Gasteiger partial charge is 0.481 e. The third-order valence-electron chi connectivity index (χ3n) is 10.5. The number of carboxylic acid groups (broad SMARTS) is 2. The highest BCUT2D eigenvalue weighted by Crippen LogP contribution is 2.57. The number of benzene rings is 2. The molecule has 9 heteroatoms. The quantitative estimate of drug-likeness (QED) is 0.290. The highest BCUT2D eigenvalue weighted by atomic mass is 16.5.